The van der Waals surface area contributed by atoms with Gasteiger partial charge in [-0.15, -0.1) is 0 Å². The van der Waals surface area contributed by atoms with Crippen LogP contribution in [0.15, 0.2) is 48.6 Å². The summed E-state index contributed by atoms with van der Waals surface area (Å²) >= 11 is 0. The van der Waals surface area contributed by atoms with E-state index in [0.717, 1.165) is 29.9 Å². The molecule has 0 bridgehead atoms. The second-order valence-corrected chi connectivity index (χ2v) is 8.78. The van der Waals surface area contributed by atoms with Gasteiger partial charge in [0.05, 0.1) is 36.9 Å². The number of ether oxygens (including phenoxy) is 2. The van der Waals surface area contributed by atoms with Gasteiger partial charge in [0.25, 0.3) is 5.91 Å². The Kier molecular flexibility index (Phi) is 6.00. The number of carbonyl (C=O) groups excluding carboxylic acids is 1. The van der Waals surface area contributed by atoms with Crippen LogP contribution in [-0.4, -0.2) is 40.1 Å². The Bertz CT molecular complexity index is 1300. The van der Waals surface area contributed by atoms with Gasteiger partial charge in [0.2, 0.25) is 0 Å². The molecule has 35 heavy (non-hydrogen) atoms. The molecule has 182 valence electrons. The molecule has 2 unspecified atom stereocenters. The summed E-state index contributed by atoms with van der Waals surface area (Å²) in [6.45, 7) is 2.16. The molecule has 3 aromatic rings. The van der Waals surface area contributed by atoms with E-state index in [2.05, 4.69) is 4.98 Å². The fourth-order valence-corrected chi connectivity index (χ4v) is 4.83. The molecule has 5 rings (SSSR count). The minimum atomic E-state index is -1.52. The molecule has 0 spiro atoms. The number of aromatic nitrogens is 2. The summed E-state index contributed by atoms with van der Waals surface area (Å²) in [5.41, 5.74) is 2.59. The Morgan fingerprint density at radius 3 is 2.60 bits per heavy atom. The average molecular weight is 483 g/mol. The maximum Gasteiger partial charge on any atom is 0.289 e. The lowest BCUT2D eigenvalue weighted by Gasteiger charge is -2.45. The summed E-state index contributed by atoms with van der Waals surface area (Å²) in [4.78, 5) is 19.3. The number of hydrogen-bond acceptors (Lipinski definition) is 4. The number of imidazole rings is 1. The number of fused-ring (bicyclic) bond motifs is 1. The molecular formula is C26H24F3N3O3. The summed E-state index contributed by atoms with van der Waals surface area (Å²) in [5.74, 6) is -3.70. The van der Waals surface area contributed by atoms with Crippen LogP contribution in [-0.2, 0) is 9.53 Å². The molecule has 1 amide bonds. The number of amides is 1. The van der Waals surface area contributed by atoms with Gasteiger partial charge in [-0.3, -0.25) is 4.79 Å². The highest BCUT2D eigenvalue weighted by atomic mass is 19.2. The number of hydrogen-bond donors (Lipinski definition) is 0. The van der Waals surface area contributed by atoms with Gasteiger partial charge in [-0.2, -0.15) is 0 Å². The van der Waals surface area contributed by atoms with Crippen molar-refractivity contribution >= 4 is 12.0 Å². The largest absolute Gasteiger partial charge is 0.495 e. The van der Waals surface area contributed by atoms with Crippen LogP contribution in [0.2, 0.25) is 0 Å². The zero-order chi connectivity index (χ0) is 24.7. The van der Waals surface area contributed by atoms with Crippen molar-refractivity contribution in [3.05, 3.63) is 82.9 Å². The molecule has 1 aromatic heterocycles. The molecule has 2 aliphatic rings. The summed E-state index contributed by atoms with van der Waals surface area (Å²) in [5, 5.41) is 0. The van der Waals surface area contributed by atoms with Crippen LogP contribution in [0, 0.1) is 24.4 Å². The Balaban J connectivity index is 1.46. The number of nitrogens with zero attached hydrogens (tertiary/aromatic N) is 3. The molecule has 2 saturated heterocycles. The first-order chi connectivity index (χ1) is 16.9. The third-order valence-corrected chi connectivity index (χ3v) is 6.50. The van der Waals surface area contributed by atoms with Gasteiger partial charge in [0.1, 0.15) is 12.4 Å². The SMILES string of the molecule is COc1cc(/C=C2\OCC3CCCC(c4cc(F)c(F)c(F)c4)N3C2=O)ccc1-n1cnc(C)c1. The van der Waals surface area contributed by atoms with Crippen molar-refractivity contribution in [1.29, 1.82) is 0 Å². The van der Waals surface area contributed by atoms with Crippen LogP contribution in [0.4, 0.5) is 13.2 Å². The molecule has 2 aromatic carbocycles. The van der Waals surface area contributed by atoms with Gasteiger partial charge in [-0.05, 0) is 67.7 Å². The lowest BCUT2D eigenvalue weighted by molar-refractivity contribution is -0.146. The highest BCUT2D eigenvalue weighted by Crippen LogP contribution is 2.39. The predicted octanol–water partition coefficient (Wildman–Crippen LogP) is 5.10. The van der Waals surface area contributed by atoms with Crippen molar-refractivity contribution < 1.29 is 27.4 Å². The standard InChI is InChI=1S/C26H24F3N3O3/c1-15-12-31(14-30-15)22-7-6-16(8-23(22)34-2)9-24-26(33)32-18(13-35-24)4-3-5-21(32)17-10-19(27)25(29)20(28)11-17/h6-12,14,18,21H,3-5,13H2,1-2H3/b24-9-. The molecule has 0 saturated carbocycles. The highest BCUT2D eigenvalue weighted by molar-refractivity contribution is 5.97. The monoisotopic (exact) mass is 483 g/mol. The Morgan fingerprint density at radius 1 is 1.14 bits per heavy atom. The van der Waals surface area contributed by atoms with E-state index in [4.69, 9.17) is 9.47 Å². The average Bonchev–Trinajstić information content (AvgIpc) is 3.29. The fraction of sp³-hybridized carbons (Fsp3) is 0.308. The third-order valence-electron chi connectivity index (χ3n) is 6.50. The minimum Gasteiger partial charge on any atom is -0.495 e. The van der Waals surface area contributed by atoms with Gasteiger partial charge < -0.3 is 18.9 Å². The van der Waals surface area contributed by atoms with Gasteiger partial charge >= 0.3 is 0 Å². The third kappa shape index (κ3) is 4.26. The van der Waals surface area contributed by atoms with Crippen LogP contribution in [0.3, 0.4) is 0 Å². The van der Waals surface area contributed by atoms with Crippen molar-refractivity contribution in [2.24, 2.45) is 0 Å². The summed E-state index contributed by atoms with van der Waals surface area (Å²) in [6.07, 6.45) is 7.19. The van der Waals surface area contributed by atoms with E-state index in [1.807, 2.05) is 29.8 Å². The quantitative estimate of drug-likeness (QED) is 0.383. The first kappa shape index (κ1) is 23.0. The number of morpholine rings is 1. The van der Waals surface area contributed by atoms with Crippen LogP contribution in [0.25, 0.3) is 11.8 Å². The molecule has 6 nitrogen and oxygen atoms in total. The van der Waals surface area contributed by atoms with Crippen molar-refractivity contribution in [3.8, 4) is 11.4 Å². The number of halogens is 3. The lowest BCUT2D eigenvalue weighted by atomic mass is 9.89. The van der Waals surface area contributed by atoms with E-state index >= 15 is 0 Å². The molecule has 2 fully saturated rings. The van der Waals surface area contributed by atoms with E-state index in [0.29, 0.717) is 24.2 Å². The summed E-state index contributed by atoms with van der Waals surface area (Å²) < 4.78 is 54.6. The number of carbonyl (C=O) groups is 1. The van der Waals surface area contributed by atoms with Crippen molar-refractivity contribution in [2.75, 3.05) is 13.7 Å². The molecule has 3 heterocycles. The van der Waals surface area contributed by atoms with E-state index in [-0.39, 0.29) is 29.9 Å². The first-order valence-corrected chi connectivity index (χ1v) is 11.4. The molecule has 2 atom stereocenters. The first-order valence-electron chi connectivity index (χ1n) is 11.4. The van der Waals surface area contributed by atoms with Crippen LogP contribution in [0.5, 0.6) is 5.75 Å². The second kappa shape index (κ2) is 9.13. The van der Waals surface area contributed by atoms with E-state index in [1.54, 1.807) is 30.5 Å². The van der Waals surface area contributed by atoms with Crippen LogP contribution >= 0.6 is 0 Å². The Morgan fingerprint density at radius 2 is 1.91 bits per heavy atom. The Labute approximate surface area is 200 Å². The van der Waals surface area contributed by atoms with Gasteiger partial charge in [0.15, 0.2) is 23.2 Å². The zero-order valence-corrected chi connectivity index (χ0v) is 19.3. The number of benzene rings is 2. The fourth-order valence-electron chi connectivity index (χ4n) is 4.83. The number of methoxy groups -OCH3 is 1. The van der Waals surface area contributed by atoms with E-state index in [9.17, 15) is 18.0 Å². The van der Waals surface area contributed by atoms with Crippen molar-refractivity contribution in [2.45, 2.75) is 38.3 Å². The number of aryl methyl sites for hydroxylation is 1. The van der Waals surface area contributed by atoms with Crippen molar-refractivity contribution in [1.82, 2.24) is 14.5 Å². The van der Waals surface area contributed by atoms with E-state index < -0.39 is 23.5 Å². The zero-order valence-electron chi connectivity index (χ0n) is 19.3. The number of piperidine rings is 1. The maximum absolute atomic E-state index is 13.9. The molecule has 0 radical (unpaired) electrons. The van der Waals surface area contributed by atoms with Crippen LogP contribution in [0.1, 0.15) is 42.1 Å². The van der Waals surface area contributed by atoms with E-state index in [1.165, 1.54) is 0 Å². The lowest BCUT2D eigenvalue weighted by Crippen LogP contribution is -2.52. The predicted molar refractivity (Wildman–Crippen MR) is 122 cm³/mol. The normalized spacial score (nSPS) is 21.1. The summed E-state index contributed by atoms with van der Waals surface area (Å²) in [7, 11) is 1.56. The Hall–Kier alpha value is -3.75. The smallest absolute Gasteiger partial charge is 0.289 e. The number of rotatable bonds is 4. The molecule has 2 aliphatic heterocycles. The molecule has 0 N–H and O–H groups in total. The van der Waals surface area contributed by atoms with Crippen LogP contribution < -0.4 is 4.74 Å². The summed E-state index contributed by atoms with van der Waals surface area (Å²) in [6, 6.07) is 6.63. The van der Waals surface area contributed by atoms with Gasteiger partial charge in [-0.25, -0.2) is 18.2 Å². The van der Waals surface area contributed by atoms with Gasteiger partial charge in [0, 0.05) is 6.20 Å². The highest BCUT2D eigenvalue weighted by Gasteiger charge is 2.41. The van der Waals surface area contributed by atoms with Gasteiger partial charge in [-0.1, -0.05) is 6.07 Å². The topological polar surface area (TPSA) is 56.6 Å². The van der Waals surface area contributed by atoms with Crippen molar-refractivity contribution in [3.63, 3.8) is 0 Å². The molecular weight excluding hydrogens is 459 g/mol. The molecule has 0 aliphatic carbocycles. The second-order valence-electron chi connectivity index (χ2n) is 8.78. The maximum atomic E-state index is 13.9. The minimum absolute atomic E-state index is 0.129. The molecule has 9 heteroatoms.